The third kappa shape index (κ3) is 8.08. The summed E-state index contributed by atoms with van der Waals surface area (Å²) in [5.74, 6) is 0. The van der Waals surface area contributed by atoms with E-state index < -0.39 is 8.07 Å². The third-order valence-corrected chi connectivity index (χ3v) is 21.5. The highest BCUT2D eigenvalue weighted by atomic mass is 28.3. The van der Waals surface area contributed by atoms with Crippen LogP contribution in [0.2, 0.25) is 0 Å². The Hall–Kier alpha value is -10.3. The lowest BCUT2D eigenvalue weighted by molar-refractivity contribution is 1.17. The Kier molecular flexibility index (Phi) is 11.9. The van der Waals surface area contributed by atoms with Crippen LogP contribution in [0.1, 0.15) is 0 Å². The van der Waals surface area contributed by atoms with E-state index in [2.05, 4.69) is 337 Å². The molecule has 2 nitrogen and oxygen atoms in total. The minimum atomic E-state index is -3.04. The molecule has 2 heterocycles. The molecule has 15 rings (SSSR count). The van der Waals surface area contributed by atoms with E-state index in [0.29, 0.717) is 0 Å². The second-order valence-corrected chi connectivity index (χ2v) is 24.9. The second-order valence-electron chi connectivity index (χ2n) is 21.1. The van der Waals surface area contributed by atoms with Gasteiger partial charge in [0, 0.05) is 38.4 Å². The maximum absolute atomic E-state index is 3.04. The number of rotatable bonds is 11. The predicted octanol–water partition coefficient (Wildman–Crippen LogP) is 17.6. The Balaban J connectivity index is 0.974. The highest BCUT2D eigenvalue weighted by molar-refractivity contribution is 7.20. The normalized spacial score (nSPS) is 11.7. The fourth-order valence-corrected chi connectivity index (χ4v) is 18.0. The number of hydrogen-bond acceptors (Lipinski definition) is 0. The quantitative estimate of drug-likeness (QED) is 0.0902. The molecule has 13 aromatic carbocycles. The first-order valence-corrected chi connectivity index (χ1v) is 30.0. The molecule has 0 amide bonds. The fraction of sp³-hybridized carbons (Fsp3) is 0. The summed E-state index contributed by atoms with van der Waals surface area (Å²) in [5, 5.41) is 10.3. The topological polar surface area (TPSA) is 9.86 Å². The maximum atomic E-state index is 2.54. The molecule has 0 fully saturated rings. The molecule has 0 bridgehead atoms. The molecule has 2 aromatic heterocycles. The molecular weight excluding hydrogens is 993 g/mol. The van der Waals surface area contributed by atoms with Gasteiger partial charge < -0.3 is 9.13 Å². The van der Waals surface area contributed by atoms with Crippen LogP contribution < -0.4 is 20.7 Å². The summed E-state index contributed by atoms with van der Waals surface area (Å²) in [6.45, 7) is 0. The zero-order valence-electron chi connectivity index (χ0n) is 44.6. The first-order valence-electron chi connectivity index (χ1n) is 28.0. The second kappa shape index (κ2) is 20.2. The number of para-hydroxylation sites is 3. The van der Waals surface area contributed by atoms with E-state index in [-0.39, 0.29) is 0 Å². The van der Waals surface area contributed by atoms with Gasteiger partial charge in [-0.3, -0.25) is 0 Å². The van der Waals surface area contributed by atoms with E-state index >= 15 is 0 Å². The maximum Gasteiger partial charge on any atom is 0.180 e. The molecule has 3 heteroatoms. The van der Waals surface area contributed by atoms with Crippen molar-refractivity contribution < 1.29 is 0 Å². The van der Waals surface area contributed by atoms with E-state index in [9.17, 15) is 0 Å². The van der Waals surface area contributed by atoms with Gasteiger partial charge in [0.05, 0.1) is 27.8 Å². The van der Waals surface area contributed by atoms with Gasteiger partial charge in [-0.2, -0.15) is 0 Å². The molecular formula is C78H54N2Si. The van der Waals surface area contributed by atoms with Gasteiger partial charge >= 0.3 is 0 Å². The van der Waals surface area contributed by atoms with Crippen LogP contribution in [0.3, 0.4) is 0 Å². The van der Waals surface area contributed by atoms with Crippen molar-refractivity contribution in [2.45, 2.75) is 0 Å². The molecule has 0 saturated carbocycles. The molecule has 0 aliphatic carbocycles. The van der Waals surface area contributed by atoms with E-state index in [0.717, 1.165) is 44.7 Å². The van der Waals surface area contributed by atoms with Gasteiger partial charge in [0.1, 0.15) is 0 Å². The molecule has 0 unspecified atom stereocenters. The summed E-state index contributed by atoms with van der Waals surface area (Å²) < 4.78 is 5.06. The number of benzene rings is 13. The molecule has 0 N–H and O–H groups in total. The van der Waals surface area contributed by atoms with Crippen LogP contribution in [0.15, 0.2) is 328 Å². The van der Waals surface area contributed by atoms with Crippen molar-refractivity contribution in [3.63, 3.8) is 0 Å². The Morgan fingerprint density at radius 3 is 1.19 bits per heavy atom. The summed E-state index contributed by atoms with van der Waals surface area (Å²) >= 11 is 0. The summed E-state index contributed by atoms with van der Waals surface area (Å²) in [6, 6.07) is 122. The standard InChI is InChI=1S/C78H54N2Si/c1-6-24-55(25-7-1)58-46-49-66(50-47-58)81(64-34-12-4-13-35-64,65-36-14-5-15-37-65)76-45-23-44-75-77(76)70-39-17-19-43-73(70)79(75)63-48-51-74-71(54-63)69-38-16-18-42-72(69)80(74)78-67(61-32-20-30-59(52-61)56-26-8-2-9-27-56)40-22-41-68(78)62-33-21-31-60(53-62)57-28-10-3-11-29-57/h1-54H. The van der Waals surface area contributed by atoms with Crippen molar-refractivity contribution in [2.75, 3.05) is 0 Å². The Bertz CT molecular complexity index is 4630. The molecule has 0 aliphatic rings. The Labute approximate surface area is 473 Å². The lowest BCUT2D eigenvalue weighted by atomic mass is 9.92. The molecule has 81 heavy (non-hydrogen) atoms. The molecule has 0 spiro atoms. The van der Waals surface area contributed by atoms with Crippen LogP contribution in [-0.4, -0.2) is 17.2 Å². The van der Waals surface area contributed by atoms with Crippen molar-refractivity contribution >= 4 is 72.4 Å². The van der Waals surface area contributed by atoms with E-state index in [1.54, 1.807) is 0 Å². The largest absolute Gasteiger partial charge is 0.309 e. The van der Waals surface area contributed by atoms with Gasteiger partial charge in [-0.05, 0) is 114 Å². The van der Waals surface area contributed by atoms with Crippen LogP contribution in [0.4, 0.5) is 0 Å². The zero-order chi connectivity index (χ0) is 53.7. The average molecular weight is 1050 g/mol. The van der Waals surface area contributed by atoms with Crippen LogP contribution in [-0.2, 0) is 0 Å². The van der Waals surface area contributed by atoms with Gasteiger partial charge in [0.2, 0.25) is 0 Å². The number of nitrogens with zero attached hydrogens (tertiary/aromatic N) is 2. The molecule has 0 atom stereocenters. The summed E-state index contributed by atoms with van der Waals surface area (Å²) in [4.78, 5) is 0. The molecule has 380 valence electrons. The van der Waals surface area contributed by atoms with Crippen LogP contribution in [0, 0.1) is 0 Å². The summed E-state index contributed by atoms with van der Waals surface area (Å²) in [5.41, 5.74) is 18.8. The number of fused-ring (bicyclic) bond motifs is 6. The van der Waals surface area contributed by atoms with Crippen LogP contribution in [0.5, 0.6) is 0 Å². The molecule has 15 aromatic rings. The third-order valence-electron chi connectivity index (χ3n) is 16.7. The minimum absolute atomic E-state index is 1.12. The van der Waals surface area contributed by atoms with Crippen molar-refractivity contribution in [2.24, 2.45) is 0 Å². The van der Waals surface area contributed by atoms with E-state index in [1.165, 1.54) is 86.7 Å². The van der Waals surface area contributed by atoms with Gasteiger partial charge in [-0.25, -0.2) is 0 Å². The van der Waals surface area contributed by atoms with Crippen molar-refractivity contribution in [1.82, 2.24) is 9.13 Å². The van der Waals surface area contributed by atoms with Crippen LogP contribution in [0.25, 0.3) is 111 Å². The Morgan fingerprint density at radius 1 is 0.222 bits per heavy atom. The number of hydrogen-bond donors (Lipinski definition) is 0. The van der Waals surface area contributed by atoms with Gasteiger partial charge in [0.25, 0.3) is 0 Å². The summed E-state index contributed by atoms with van der Waals surface area (Å²) in [6.07, 6.45) is 0. The smallest absolute Gasteiger partial charge is 0.180 e. The van der Waals surface area contributed by atoms with E-state index in [4.69, 9.17) is 0 Å². The van der Waals surface area contributed by atoms with Crippen molar-refractivity contribution in [3.05, 3.63) is 328 Å². The predicted molar refractivity (Wildman–Crippen MR) is 346 cm³/mol. The fourth-order valence-electron chi connectivity index (χ4n) is 13.1. The van der Waals surface area contributed by atoms with Crippen molar-refractivity contribution in [1.29, 1.82) is 0 Å². The first-order chi connectivity index (χ1) is 40.2. The van der Waals surface area contributed by atoms with E-state index in [1.807, 2.05) is 0 Å². The zero-order valence-corrected chi connectivity index (χ0v) is 45.6. The monoisotopic (exact) mass is 1050 g/mol. The number of aromatic nitrogens is 2. The lowest BCUT2D eigenvalue weighted by Crippen LogP contribution is -2.74. The SMILES string of the molecule is c1ccc(-c2ccc([Si](c3ccccc3)(c3ccccc3)c3cccc4c3c3ccccc3n4-c3ccc4c(c3)c3ccccc3n4-c3c(-c4cccc(-c5ccccc5)c4)cccc3-c3cccc(-c4ccccc4)c3)cc2)cc1. The van der Waals surface area contributed by atoms with Crippen molar-refractivity contribution in [3.8, 4) is 67.0 Å². The van der Waals surface area contributed by atoms with Gasteiger partial charge in [0.15, 0.2) is 8.07 Å². The average Bonchev–Trinajstić information content (AvgIpc) is 4.32. The highest BCUT2D eigenvalue weighted by Gasteiger charge is 2.43. The molecule has 0 aliphatic heterocycles. The molecule has 0 saturated heterocycles. The molecule has 0 radical (unpaired) electrons. The lowest BCUT2D eigenvalue weighted by Gasteiger charge is -2.35. The first kappa shape index (κ1) is 47.9. The minimum Gasteiger partial charge on any atom is -0.309 e. The van der Waals surface area contributed by atoms with Gasteiger partial charge in [-0.15, -0.1) is 0 Å². The van der Waals surface area contributed by atoms with Gasteiger partial charge in [-0.1, -0.05) is 279 Å². The highest BCUT2D eigenvalue weighted by Crippen LogP contribution is 2.44. The van der Waals surface area contributed by atoms with Crippen LogP contribution >= 0.6 is 0 Å². The Morgan fingerprint density at radius 2 is 0.617 bits per heavy atom. The summed E-state index contributed by atoms with van der Waals surface area (Å²) in [7, 11) is -3.04.